The highest BCUT2D eigenvalue weighted by Crippen LogP contribution is 2.43. The number of piperazine rings is 1. The van der Waals surface area contributed by atoms with Gasteiger partial charge in [0.25, 0.3) is 0 Å². The Kier molecular flexibility index (Phi) is 5.53. The molecule has 2 nitrogen and oxygen atoms in total. The average molecular weight is 281 g/mol. The van der Waals surface area contributed by atoms with Crippen LogP contribution in [0, 0.1) is 5.92 Å². The fourth-order valence-electron chi connectivity index (χ4n) is 3.75. The molecule has 2 aliphatic rings. The van der Waals surface area contributed by atoms with Crippen molar-refractivity contribution >= 4 is 0 Å². The molecule has 0 bridgehead atoms. The SMILES string of the molecule is CCCCCCCN1CC(C)(C2CC2)NCC1(C)CC. The fourth-order valence-corrected chi connectivity index (χ4v) is 3.75. The van der Waals surface area contributed by atoms with Gasteiger partial charge in [0, 0.05) is 24.2 Å². The predicted molar refractivity (Wildman–Crippen MR) is 88.2 cm³/mol. The molecule has 0 aromatic carbocycles. The van der Waals surface area contributed by atoms with Crippen LogP contribution in [0.4, 0.5) is 0 Å². The van der Waals surface area contributed by atoms with Gasteiger partial charge in [0.2, 0.25) is 0 Å². The maximum Gasteiger partial charge on any atom is 0.0309 e. The van der Waals surface area contributed by atoms with Gasteiger partial charge < -0.3 is 5.32 Å². The van der Waals surface area contributed by atoms with Crippen LogP contribution in [0.25, 0.3) is 0 Å². The molecule has 1 heterocycles. The molecule has 2 fully saturated rings. The summed E-state index contributed by atoms with van der Waals surface area (Å²) in [4.78, 5) is 2.81. The largest absolute Gasteiger partial charge is 0.308 e. The summed E-state index contributed by atoms with van der Waals surface area (Å²) in [5, 5.41) is 3.90. The molecule has 2 rings (SSSR count). The Morgan fingerprint density at radius 2 is 1.75 bits per heavy atom. The molecule has 0 radical (unpaired) electrons. The third-order valence-corrected chi connectivity index (χ3v) is 5.93. The van der Waals surface area contributed by atoms with Gasteiger partial charge in [-0.05, 0) is 52.0 Å². The topological polar surface area (TPSA) is 15.3 Å². The van der Waals surface area contributed by atoms with E-state index in [0.717, 1.165) is 5.92 Å². The van der Waals surface area contributed by atoms with Crippen LogP contribution in [0.5, 0.6) is 0 Å². The normalized spacial score (nSPS) is 35.4. The van der Waals surface area contributed by atoms with Crippen molar-refractivity contribution in [2.24, 2.45) is 5.92 Å². The monoisotopic (exact) mass is 280 g/mol. The lowest BCUT2D eigenvalue weighted by Gasteiger charge is -2.52. The molecular weight excluding hydrogens is 244 g/mol. The lowest BCUT2D eigenvalue weighted by Crippen LogP contribution is -2.68. The van der Waals surface area contributed by atoms with Crippen LogP contribution >= 0.6 is 0 Å². The molecule has 2 atom stereocenters. The second kappa shape index (κ2) is 6.79. The van der Waals surface area contributed by atoms with E-state index < -0.39 is 0 Å². The predicted octanol–water partition coefficient (Wildman–Crippen LogP) is 4.20. The minimum Gasteiger partial charge on any atom is -0.308 e. The number of nitrogens with zero attached hydrogens (tertiary/aromatic N) is 1. The Morgan fingerprint density at radius 1 is 1.05 bits per heavy atom. The molecular formula is C18H36N2. The Balaban J connectivity index is 1.86. The fraction of sp³-hybridized carbons (Fsp3) is 1.00. The second-order valence-corrected chi connectivity index (χ2v) is 7.73. The third-order valence-electron chi connectivity index (χ3n) is 5.93. The van der Waals surface area contributed by atoms with Gasteiger partial charge in [0.05, 0.1) is 0 Å². The van der Waals surface area contributed by atoms with Crippen molar-refractivity contribution in [3.05, 3.63) is 0 Å². The summed E-state index contributed by atoms with van der Waals surface area (Å²) in [5.74, 6) is 0.937. The van der Waals surface area contributed by atoms with E-state index in [-0.39, 0.29) is 0 Å². The second-order valence-electron chi connectivity index (χ2n) is 7.73. The van der Waals surface area contributed by atoms with E-state index in [2.05, 4.69) is 37.9 Å². The molecule has 20 heavy (non-hydrogen) atoms. The molecule has 0 aromatic rings. The highest BCUT2D eigenvalue weighted by molar-refractivity contribution is 5.07. The van der Waals surface area contributed by atoms with Crippen molar-refractivity contribution in [3.8, 4) is 0 Å². The minimum absolute atomic E-state index is 0.374. The zero-order chi connectivity index (χ0) is 14.6. The zero-order valence-corrected chi connectivity index (χ0v) is 14.3. The summed E-state index contributed by atoms with van der Waals surface area (Å²) < 4.78 is 0. The number of hydrogen-bond acceptors (Lipinski definition) is 2. The van der Waals surface area contributed by atoms with Gasteiger partial charge in [0.15, 0.2) is 0 Å². The minimum atomic E-state index is 0.374. The van der Waals surface area contributed by atoms with E-state index in [1.54, 1.807) is 0 Å². The van der Waals surface area contributed by atoms with Gasteiger partial charge in [0.1, 0.15) is 0 Å². The molecule has 1 N–H and O–H groups in total. The number of rotatable bonds is 8. The Bertz CT molecular complexity index is 300. The van der Waals surface area contributed by atoms with E-state index >= 15 is 0 Å². The Labute approximate surface area is 126 Å². The molecule has 0 aromatic heterocycles. The van der Waals surface area contributed by atoms with Crippen molar-refractivity contribution in [2.75, 3.05) is 19.6 Å². The lowest BCUT2D eigenvalue weighted by atomic mass is 9.84. The van der Waals surface area contributed by atoms with Gasteiger partial charge in [-0.25, -0.2) is 0 Å². The van der Waals surface area contributed by atoms with E-state index in [1.165, 1.54) is 71.0 Å². The van der Waals surface area contributed by atoms with E-state index in [9.17, 15) is 0 Å². The quantitative estimate of drug-likeness (QED) is 0.670. The van der Waals surface area contributed by atoms with E-state index in [0.29, 0.717) is 11.1 Å². The van der Waals surface area contributed by atoms with Crippen molar-refractivity contribution in [3.63, 3.8) is 0 Å². The number of nitrogens with one attached hydrogen (secondary N) is 1. The molecule has 0 spiro atoms. The highest BCUT2D eigenvalue weighted by atomic mass is 15.3. The molecule has 1 aliphatic carbocycles. The van der Waals surface area contributed by atoms with Gasteiger partial charge in [-0.15, -0.1) is 0 Å². The summed E-state index contributed by atoms with van der Waals surface area (Å²) in [7, 11) is 0. The van der Waals surface area contributed by atoms with Gasteiger partial charge in [-0.2, -0.15) is 0 Å². The van der Waals surface area contributed by atoms with Crippen molar-refractivity contribution in [1.29, 1.82) is 0 Å². The number of unbranched alkanes of at least 4 members (excludes halogenated alkanes) is 4. The summed E-state index contributed by atoms with van der Waals surface area (Å²) in [6.07, 6.45) is 11.1. The summed E-state index contributed by atoms with van der Waals surface area (Å²) >= 11 is 0. The van der Waals surface area contributed by atoms with Crippen LogP contribution in [0.15, 0.2) is 0 Å². The molecule has 2 unspecified atom stereocenters. The molecule has 0 amide bonds. The van der Waals surface area contributed by atoms with Gasteiger partial charge >= 0.3 is 0 Å². The summed E-state index contributed by atoms with van der Waals surface area (Å²) in [6.45, 7) is 13.3. The van der Waals surface area contributed by atoms with Gasteiger partial charge in [-0.1, -0.05) is 39.5 Å². The zero-order valence-electron chi connectivity index (χ0n) is 14.3. The van der Waals surface area contributed by atoms with Crippen molar-refractivity contribution < 1.29 is 0 Å². The van der Waals surface area contributed by atoms with Crippen LogP contribution in [-0.2, 0) is 0 Å². The molecule has 118 valence electrons. The van der Waals surface area contributed by atoms with E-state index in [1.807, 2.05) is 0 Å². The molecule has 2 heteroatoms. The van der Waals surface area contributed by atoms with Gasteiger partial charge in [-0.3, -0.25) is 4.90 Å². The average Bonchev–Trinajstić information content (AvgIpc) is 3.27. The maximum atomic E-state index is 3.90. The van der Waals surface area contributed by atoms with Crippen LogP contribution in [0.1, 0.15) is 79.1 Å². The Morgan fingerprint density at radius 3 is 2.35 bits per heavy atom. The molecule has 1 aliphatic heterocycles. The standard InChI is InChI=1S/C18H36N2/c1-5-7-8-9-10-13-20-15-18(4,16-11-12-16)19-14-17(20,3)6-2/h16,19H,5-15H2,1-4H3. The third kappa shape index (κ3) is 3.76. The first-order valence-electron chi connectivity index (χ1n) is 9.04. The van der Waals surface area contributed by atoms with Crippen LogP contribution in [0.3, 0.4) is 0 Å². The number of hydrogen-bond donors (Lipinski definition) is 1. The summed E-state index contributed by atoms with van der Waals surface area (Å²) in [5.41, 5.74) is 0.761. The van der Waals surface area contributed by atoms with Crippen LogP contribution < -0.4 is 5.32 Å². The first-order chi connectivity index (χ1) is 9.54. The van der Waals surface area contributed by atoms with Crippen molar-refractivity contribution in [2.45, 2.75) is 90.1 Å². The van der Waals surface area contributed by atoms with E-state index in [4.69, 9.17) is 0 Å². The smallest absolute Gasteiger partial charge is 0.0309 e. The Hall–Kier alpha value is -0.0800. The summed E-state index contributed by atoms with van der Waals surface area (Å²) in [6, 6.07) is 0. The molecule has 1 saturated heterocycles. The maximum absolute atomic E-state index is 3.90. The van der Waals surface area contributed by atoms with Crippen LogP contribution in [-0.4, -0.2) is 35.6 Å². The first kappa shape index (κ1) is 16.3. The molecule has 1 saturated carbocycles. The van der Waals surface area contributed by atoms with Crippen LogP contribution in [0.2, 0.25) is 0 Å². The van der Waals surface area contributed by atoms with Crippen molar-refractivity contribution in [1.82, 2.24) is 10.2 Å². The lowest BCUT2D eigenvalue weighted by molar-refractivity contribution is 0.00951. The highest BCUT2D eigenvalue weighted by Gasteiger charge is 2.48. The first-order valence-corrected chi connectivity index (χ1v) is 9.04.